The first-order valence-electron chi connectivity index (χ1n) is 8.72. The lowest BCUT2D eigenvalue weighted by molar-refractivity contribution is -0.143. The second-order valence-corrected chi connectivity index (χ2v) is 7.20. The predicted molar refractivity (Wildman–Crippen MR) is 101 cm³/mol. The summed E-state index contributed by atoms with van der Waals surface area (Å²) in [6.07, 6.45) is -10.1. The average molecular weight is 485 g/mol. The van der Waals surface area contributed by atoms with E-state index in [0.717, 1.165) is 23.3 Å². The molecule has 0 saturated carbocycles. The molecule has 32 heavy (non-hydrogen) atoms. The number of aromatic nitrogens is 1. The second-order valence-electron chi connectivity index (χ2n) is 6.26. The Labute approximate surface area is 181 Å². The van der Waals surface area contributed by atoms with E-state index in [1.807, 2.05) is 0 Å². The topological polar surface area (TPSA) is 80.8 Å². The number of anilines is 1. The summed E-state index contributed by atoms with van der Waals surface area (Å²) in [5.74, 6) is -0.705. The molecule has 1 aromatic carbocycles. The zero-order valence-corrected chi connectivity index (χ0v) is 17.5. The van der Waals surface area contributed by atoms with Gasteiger partial charge in [-0.2, -0.15) is 26.3 Å². The molecule has 0 unspecified atom stereocenters. The van der Waals surface area contributed by atoms with Crippen molar-refractivity contribution in [3.05, 3.63) is 45.4 Å². The molecule has 0 bridgehead atoms. The first-order valence-corrected chi connectivity index (χ1v) is 9.60. The van der Waals surface area contributed by atoms with Gasteiger partial charge in [-0.25, -0.2) is 14.6 Å². The minimum Gasteiger partial charge on any atom is -0.464 e. The van der Waals surface area contributed by atoms with Gasteiger partial charge in [0, 0.05) is 24.7 Å². The molecule has 14 heteroatoms. The largest absolute Gasteiger partial charge is 0.464 e. The zero-order valence-electron chi connectivity index (χ0n) is 16.6. The van der Waals surface area contributed by atoms with Crippen molar-refractivity contribution in [3.63, 3.8) is 0 Å². The molecular weight excluding hydrogens is 468 g/mol. The number of carbonyl (C=O) groups excluding carboxylic acids is 2. The van der Waals surface area contributed by atoms with Crippen molar-refractivity contribution >= 4 is 29.0 Å². The van der Waals surface area contributed by atoms with Crippen molar-refractivity contribution in [2.24, 2.45) is 0 Å². The predicted octanol–water partition coefficient (Wildman–Crippen LogP) is 4.65. The molecule has 2 rings (SSSR count). The van der Waals surface area contributed by atoms with Gasteiger partial charge < -0.3 is 19.7 Å². The summed E-state index contributed by atoms with van der Waals surface area (Å²) >= 11 is 1.02. The van der Waals surface area contributed by atoms with E-state index in [9.17, 15) is 35.9 Å². The first-order chi connectivity index (χ1) is 14.8. The minimum atomic E-state index is -5.05. The summed E-state index contributed by atoms with van der Waals surface area (Å²) in [5, 5.41) is 3.73. The van der Waals surface area contributed by atoms with E-state index < -0.39 is 41.2 Å². The Morgan fingerprint density at radius 1 is 1.06 bits per heavy atom. The number of methoxy groups -OCH3 is 2. The van der Waals surface area contributed by atoms with Crippen molar-refractivity contribution in [1.29, 1.82) is 0 Å². The van der Waals surface area contributed by atoms with Crippen molar-refractivity contribution in [2.45, 2.75) is 18.9 Å². The molecule has 2 amide bonds. The van der Waals surface area contributed by atoms with Gasteiger partial charge in [-0.3, -0.25) is 0 Å². The summed E-state index contributed by atoms with van der Waals surface area (Å²) in [4.78, 5) is 29.2. The van der Waals surface area contributed by atoms with Crippen LogP contribution in [0.5, 0.6) is 0 Å². The fraction of sp³-hybridized carbons (Fsp3) is 0.389. The summed E-state index contributed by atoms with van der Waals surface area (Å²) < 4.78 is 87.6. The lowest BCUT2D eigenvalue weighted by Gasteiger charge is -2.22. The molecule has 0 aliphatic carbocycles. The maximum absolute atomic E-state index is 13.0. The number of carbonyl (C=O) groups is 2. The number of hydrogen-bond acceptors (Lipinski definition) is 6. The van der Waals surface area contributed by atoms with Gasteiger partial charge in [0.1, 0.15) is 5.01 Å². The van der Waals surface area contributed by atoms with E-state index in [-0.39, 0.29) is 36.5 Å². The van der Waals surface area contributed by atoms with Crippen molar-refractivity contribution < 1.29 is 45.4 Å². The quantitative estimate of drug-likeness (QED) is 0.456. The monoisotopic (exact) mass is 485 g/mol. The number of ether oxygens (including phenoxy) is 2. The number of urea groups is 1. The van der Waals surface area contributed by atoms with Gasteiger partial charge in [-0.15, -0.1) is 11.3 Å². The normalized spacial score (nSPS) is 11.9. The van der Waals surface area contributed by atoms with Gasteiger partial charge in [-0.05, 0) is 18.2 Å². The van der Waals surface area contributed by atoms with Crippen LogP contribution in [0.4, 0.5) is 36.8 Å². The SMILES string of the molecule is COCCN(Cc1nc(C(=O)OC)cs1)C(=O)Nc1cc(C(F)(F)F)cc(C(F)(F)F)c1. The third-order valence-corrected chi connectivity index (χ3v) is 4.80. The highest BCUT2D eigenvalue weighted by Crippen LogP contribution is 2.37. The van der Waals surface area contributed by atoms with Crippen LogP contribution < -0.4 is 5.32 Å². The number of nitrogens with one attached hydrogen (secondary N) is 1. The second kappa shape index (κ2) is 10.2. The average Bonchev–Trinajstić information content (AvgIpc) is 3.17. The van der Waals surface area contributed by atoms with Gasteiger partial charge >= 0.3 is 24.4 Å². The summed E-state index contributed by atoms with van der Waals surface area (Å²) in [5.41, 5.74) is -3.82. The van der Waals surface area contributed by atoms with Crippen molar-refractivity contribution in [3.8, 4) is 0 Å². The lowest BCUT2D eigenvalue weighted by Crippen LogP contribution is -2.37. The molecule has 0 saturated heterocycles. The zero-order chi connectivity index (χ0) is 24.1. The number of amides is 2. The highest BCUT2D eigenvalue weighted by molar-refractivity contribution is 7.09. The van der Waals surface area contributed by atoms with Gasteiger partial charge in [0.05, 0.1) is 31.4 Å². The Balaban J connectivity index is 2.29. The summed E-state index contributed by atoms with van der Waals surface area (Å²) in [6, 6.07) is -0.215. The van der Waals surface area contributed by atoms with E-state index in [1.54, 1.807) is 0 Å². The third-order valence-electron chi connectivity index (χ3n) is 3.96. The molecule has 1 heterocycles. The van der Waals surface area contributed by atoms with Gasteiger partial charge in [0.25, 0.3) is 0 Å². The Bertz CT molecular complexity index is 929. The molecule has 2 aromatic rings. The molecule has 176 valence electrons. The number of benzene rings is 1. The van der Waals surface area contributed by atoms with E-state index in [0.29, 0.717) is 12.1 Å². The molecule has 0 radical (unpaired) electrons. The molecule has 0 spiro atoms. The Kier molecular flexibility index (Phi) is 8.07. The molecular formula is C18H17F6N3O4S. The molecule has 0 aliphatic heterocycles. The van der Waals surface area contributed by atoms with Crippen LogP contribution in [0.2, 0.25) is 0 Å². The molecule has 0 atom stereocenters. The smallest absolute Gasteiger partial charge is 0.416 e. The minimum absolute atomic E-state index is 0.00713. The third kappa shape index (κ3) is 6.82. The maximum Gasteiger partial charge on any atom is 0.416 e. The maximum atomic E-state index is 13.0. The molecule has 1 N–H and O–H groups in total. The van der Waals surface area contributed by atoms with Crippen LogP contribution in [-0.2, 0) is 28.4 Å². The number of alkyl halides is 6. The van der Waals surface area contributed by atoms with Crippen LogP contribution in [0.25, 0.3) is 0 Å². The fourth-order valence-electron chi connectivity index (χ4n) is 2.43. The number of rotatable bonds is 7. The molecule has 1 aromatic heterocycles. The first kappa shape index (κ1) is 25.4. The lowest BCUT2D eigenvalue weighted by atomic mass is 10.1. The van der Waals surface area contributed by atoms with Crippen LogP contribution >= 0.6 is 11.3 Å². The van der Waals surface area contributed by atoms with Crippen LogP contribution in [0.3, 0.4) is 0 Å². The van der Waals surface area contributed by atoms with E-state index >= 15 is 0 Å². The van der Waals surface area contributed by atoms with Crippen LogP contribution in [0, 0.1) is 0 Å². The number of esters is 1. The summed E-state index contributed by atoms with van der Waals surface area (Å²) in [7, 11) is 2.50. The standard InChI is InChI=1S/C18H17F6N3O4S/c1-30-4-3-27(8-14-26-13(9-32-14)15(28)31-2)16(29)25-12-6-10(17(19,20)21)5-11(7-12)18(22,23)24/h5-7,9H,3-4,8H2,1-2H3,(H,25,29). The van der Waals surface area contributed by atoms with Crippen molar-refractivity contribution in [1.82, 2.24) is 9.88 Å². The fourth-order valence-corrected chi connectivity index (χ4v) is 3.21. The van der Waals surface area contributed by atoms with Gasteiger partial charge in [-0.1, -0.05) is 0 Å². The molecule has 0 fully saturated rings. The Morgan fingerprint density at radius 2 is 1.66 bits per heavy atom. The Hall–Kier alpha value is -2.87. The number of hydrogen-bond donors (Lipinski definition) is 1. The Morgan fingerprint density at radius 3 is 2.16 bits per heavy atom. The van der Waals surface area contributed by atoms with Gasteiger partial charge in [0.2, 0.25) is 0 Å². The highest BCUT2D eigenvalue weighted by atomic mass is 32.1. The van der Waals surface area contributed by atoms with Crippen LogP contribution in [-0.4, -0.2) is 49.3 Å². The van der Waals surface area contributed by atoms with Crippen LogP contribution in [0.1, 0.15) is 26.6 Å². The van der Waals surface area contributed by atoms with E-state index in [4.69, 9.17) is 4.74 Å². The molecule has 7 nitrogen and oxygen atoms in total. The van der Waals surface area contributed by atoms with Crippen LogP contribution in [0.15, 0.2) is 23.6 Å². The van der Waals surface area contributed by atoms with E-state index in [2.05, 4.69) is 15.0 Å². The van der Waals surface area contributed by atoms with Gasteiger partial charge in [0.15, 0.2) is 5.69 Å². The summed E-state index contributed by atoms with van der Waals surface area (Å²) in [6.45, 7) is -0.207. The highest BCUT2D eigenvalue weighted by Gasteiger charge is 2.37. The van der Waals surface area contributed by atoms with E-state index in [1.165, 1.54) is 12.5 Å². The number of thiazole rings is 1. The van der Waals surface area contributed by atoms with Crippen molar-refractivity contribution in [2.75, 3.05) is 32.7 Å². The molecule has 0 aliphatic rings. The number of halogens is 6. The number of nitrogens with zero attached hydrogens (tertiary/aromatic N) is 2.